The number of hydrogen-bond acceptors (Lipinski definition) is 5. The van der Waals surface area contributed by atoms with E-state index in [9.17, 15) is 29.4 Å². The zero-order chi connectivity index (χ0) is 28.6. The van der Waals surface area contributed by atoms with Gasteiger partial charge in [0.25, 0.3) is 0 Å². The summed E-state index contributed by atoms with van der Waals surface area (Å²) in [6.07, 6.45) is 0. The Bertz CT molecular complexity index is 1980. The number of esters is 2. The van der Waals surface area contributed by atoms with Crippen molar-refractivity contribution in [2.75, 3.05) is 0 Å². The van der Waals surface area contributed by atoms with Gasteiger partial charge in [-0.25, -0.2) is 19.2 Å². The molecule has 0 saturated carbocycles. The maximum Gasteiger partial charge on any atom is 0.348 e. The van der Waals surface area contributed by atoms with Crippen LogP contribution in [-0.2, 0) is 4.74 Å². The van der Waals surface area contributed by atoms with E-state index in [4.69, 9.17) is 97.5 Å². The van der Waals surface area contributed by atoms with Gasteiger partial charge in [-0.2, -0.15) is 0 Å². The largest absolute Gasteiger partial charge is 0.478 e. The molecule has 2 N–H and O–H groups in total. The Morgan fingerprint density at radius 3 is 1.08 bits per heavy atom. The fourth-order valence-electron chi connectivity index (χ4n) is 5.17. The van der Waals surface area contributed by atoms with E-state index in [0.29, 0.717) is 0 Å². The van der Waals surface area contributed by atoms with Gasteiger partial charge in [-0.3, -0.25) is 0 Å². The molecule has 0 aliphatic carbocycles. The van der Waals surface area contributed by atoms with E-state index in [-0.39, 0.29) is 79.0 Å². The molecule has 0 radical (unpaired) electrons. The van der Waals surface area contributed by atoms with Crippen LogP contribution in [0.25, 0.3) is 43.1 Å². The second-order valence-electron chi connectivity index (χ2n) is 8.30. The summed E-state index contributed by atoms with van der Waals surface area (Å²) in [4.78, 5) is 50.4. The van der Waals surface area contributed by atoms with Crippen molar-refractivity contribution in [3.05, 3.63) is 62.4 Å². The van der Waals surface area contributed by atoms with Crippen molar-refractivity contribution in [1.29, 1.82) is 0 Å². The van der Waals surface area contributed by atoms with Crippen molar-refractivity contribution in [3.8, 4) is 0 Å². The normalized spacial score (nSPS) is 13.3. The van der Waals surface area contributed by atoms with E-state index in [2.05, 4.69) is 0 Å². The van der Waals surface area contributed by atoms with E-state index >= 15 is 0 Å². The molecule has 1 heterocycles. The van der Waals surface area contributed by atoms with Crippen molar-refractivity contribution < 1.29 is 34.1 Å². The van der Waals surface area contributed by atoms with Crippen LogP contribution >= 0.6 is 92.8 Å². The number of aromatic carboxylic acids is 2. The molecule has 0 saturated heterocycles. The number of fused-ring (bicyclic) bond motifs is 2. The number of benzene rings is 5. The lowest BCUT2D eigenvalue weighted by atomic mass is 9.83. The molecule has 5 aromatic carbocycles. The molecule has 1 aliphatic rings. The molecule has 0 spiro atoms. The quantitative estimate of drug-likeness (QED) is 0.0822. The highest BCUT2D eigenvalue weighted by Crippen LogP contribution is 2.58. The number of carbonyl (C=O) groups is 4. The third-order valence-corrected chi connectivity index (χ3v) is 9.96. The maximum absolute atomic E-state index is 12.8. The molecule has 0 unspecified atom stereocenters. The Morgan fingerprint density at radius 1 is 0.436 bits per heavy atom. The van der Waals surface area contributed by atoms with Gasteiger partial charge < -0.3 is 14.9 Å². The summed E-state index contributed by atoms with van der Waals surface area (Å²) in [6.45, 7) is 0. The number of carboxylic acid groups (broad SMARTS) is 2. The first-order valence-electron chi connectivity index (χ1n) is 10.2. The summed E-state index contributed by atoms with van der Waals surface area (Å²) >= 11 is 52.5. The first-order valence-corrected chi connectivity index (χ1v) is 13.2. The van der Waals surface area contributed by atoms with Gasteiger partial charge in [0.15, 0.2) is 0 Å². The smallest absolute Gasteiger partial charge is 0.348 e. The Balaban J connectivity index is 2.20. The van der Waals surface area contributed by atoms with Gasteiger partial charge in [0.2, 0.25) is 0 Å². The highest BCUT2D eigenvalue weighted by molar-refractivity contribution is 6.62. The summed E-state index contributed by atoms with van der Waals surface area (Å²) in [5.41, 5.74) is -1.98. The van der Waals surface area contributed by atoms with Crippen molar-refractivity contribution in [1.82, 2.24) is 0 Å². The van der Waals surface area contributed by atoms with Crippen LogP contribution in [0.15, 0.2) is 0 Å². The standard InChI is InChI=1S/C24H2Cl8O7/c25-13-5-1-3(9(17(13)29)21(33)34)10(22(35)36)18(30)14(26)6(1)8-2-4-11(19(31)15(27)7(2)5)23(37)39-24(38)12(4)20(32)16(8)28/h(H,33,34)(H,35,36). The molecule has 0 atom stereocenters. The monoisotopic (exact) mass is 682 g/mol. The highest BCUT2D eigenvalue weighted by Gasteiger charge is 2.39. The fourth-order valence-corrected chi connectivity index (χ4v) is 7.37. The molecule has 7 nitrogen and oxygen atoms in total. The molecule has 0 fully saturated rings. The summed E-state index contributed by atoms with van der Waals surface area (Å²) in [5, 5.41) is 16.1. The topological polar surface area (TPSA) is 118 Å². The van der Waals surface area contributed by atoms with Gasteiger partial charge in [0.05, 0.1) is 62.4 Å². The molecule has 0 amide bonds. The minimum Gasteiger partial charge on any atom is -0.478 e. The van der Waals surface area contributed by atoms with Crippen LogP contribution in [0.5, 0.6) is 0 Å². The van der Waals surface area contributed by atoms with Gasteiger partial charge in [0.1, 0.15) is 0 Å². The van der Waals surface area contributed by atoms with E-state index in [1.165, 1.54) is 0 Å². The zero-order valence-corrected chi connectivity index (χ0v) is 24.0. The number of halogens is 8. The van der Waals surface area contributed by atoms with Crippen molar-refractivity contribution >= 4 is 160 Å². The van der Waals surface area contributed by atoms with Crippen molar-refractivity contribution in [2.45, 2.75) is 0 Å². The molecule has 0 bridgehead atoms. The second-order valence-corrected chi connectivity index (χ2v) is 11.3. The Kier molecular flexibility index (Phi) is 5.99. The van der Waals surface area contributed by atoms with Crippen LogP contribution in [-0.4, -0.2) is 34.1 Å². The molecule has 196 valence electrons. The lowest BCUT2D eigenvalue weighted by Crippen LogP contribution is -2.21. The van der Waals surface area contributed by atoms with Crippen LogP contribution in [0.3, 0.4) is 0 Å². The second kappa shape index (κ2) is 8.65. The van der Waals surface area contributed by atoms with Gasteiger partial charge >= 0.3 is 23.9 Å². The molecule has 6 rings (SSSR count). The van der Waals surface area contributed by atoms with Gasteiger partial charge in [0, 0.05) is 43.1 Å². The van der Waals surface area contributed by atoms with Crippen LogP contribution in [0, 0.1) is 0 Å². The predicted molar refractivity (Wildman–Crippen MR) is 151 cm³/mol. The van der Waals surface area contributed by atoms with Gasteiger partial charge in [-0.05, 0) is 0 Å². The maximum atomic E-state index is 12.8. The predicted octanol–water partition coefficient (Wildman–Crippen LogP) is 9.67. The minimum absolute atomic E-state index is 0.0321. The van der Waals surface area contributed by atoms with Crippen molar-refractivity contribution in [2.24, 2.45) is 0 Å². The van der Waals surface area contributed by atoms with Crippen LogP contribution in [0.1, 0.15) is 41.4 Å². The summed E-state index contributed by atoms with van der Waals surface area (Å²) in [6, 6.07) is 0. The summed E-state index contributed by atoms with van der Waals surface area (Å²) in [7, 11) is 0. The molecular weight excluding hydrogens is 684 g/mol. The number of cyclic esters (lactones) is 2. The fraction of sp³-hybridized carbons (Fsp3) is 0. The zero-order valence-electron chi connectivity index (χ0n) is 18.0. The molecule has 39 heavy (non-hydrogen) atoms. The number of rotatable bonds is 2. The third kappa shape index (κ3) is 3.16. The van der Waals surface area contributed by atoms with E-state index < -0.39 is 50.4 Å². The highest BCUT2D eigenvalue weighted by atomic mass is 35.5. The minimum atomic E-state index is -1.63. The molecule has 0 aromatic heterocycles. The van der Waals surface area contributed by atoms with Gasteiger partial charge in [-0.1, -0.05) is 92.8 Å². The number of carbonyl (C=O) groups excluding carboxylic acids is 2. The third-order valence-electron chi connectivity index (χ3n) is 6.55. The Labute approximate surface area is 254 Å². The molecule has 1 aliphatic heterocycles. The molecule has 15 heteroatoms. The number of ether oxygens (including phenoxy) is 1. The first kappa shape index (κ1) is 27.0. The van der Waals surface area contributed by atoms with E-state index in [0.717, 1.165) is 0 Å². The Hall–Kier alpha value is -2.20. The van der Waals surface area contributed by atoms with E-state index in [1.807, 2.05) is 0 Å². The lowest BCUT2D eigenvalue weighted by molar-refractivity contribution is 0.0390. The average Bonchev–Trinajstić information content (AvgIpc) is 2.85. The van der Waals surface area contributed by atoms with Gasteiger partial charge in [-0.15, -0.1) is 0 Å². The molecule has 5 aromatic rings. The first-order chi connectivity index (χ1) is 18.2. The van der Waals surface area contributed by atoms with Crippen LogP contribution < -0.4 is 0 Å². The number of hydrogen-bond donors (Lipinski definition) is 2. The SMILES string of the molecule is O=C(O)c1c(Cl)c(Cl)c2c3c(Cl)c(Cl)c4c5c(c(Cl)c(Cl)c(c6c(Cl)c(Cl)c(C(=O)O)c1c26)c53)C(=O)OC4=O. The molecular formula is C24H2Cl8O7. The van der Waals surface area contributed by atoms with Crippen LogP contribution in [0.2, 0.25) is 40.2 Å². The average molecular weight is 686 g/mol. The van der Waals surface area contributed by atoms with Crippen molar-refractivity contribution in [3.63, 3.8) is 0 Å². The summed E-state index contributed by atoms with van der Waals surface area (Å²) in [5.74, 6) is -5.50. The Morgan fingerprint density at radius 2 is 0.744 bits per heavy atom. The van der Waals surface area contributed by atoms with E-state index in [1.54, 1.807) is 0 Å². The summed E-state index contributed by atoms with van der Waals surface area (Å²) < 4.78 is 4.81. The number of carboxylic acids is 2. The van der Waals surface area contributed by atoms with Crippen LogP contribution in [0.4, 0.5) is 0 Å². The lowest BCUT2D eigenvalue weighted by Gasteiger charge is -2.26.